The van der Waals surface area contributed by atoms with E-state index in [1.807, 2.05) is 4.90 Å². The number of hydrogen-bond acceptors (Lipinski definition) is 6. The molecule has 4 rings (SSSR count). The maximum Gasteiger partial charge on any atom is 0.253 e. The number of carbonyl (C=O) groups excluding carboxylic acids is 1. The molecule has 0 bridgehead atoms. The second kappa shape index (κ2) is 8.53. The molecule has 0 N–H and O–H groups in total. The highest BCUT2D eigenvalue weighted by molar-refractivity contribution is 5.94. The van der Waals surface area contributed by atoms with Gasteiger partial charge in [0.2, 0.25) is 5.89 Å². The van der Waals surface area contributed by atoms with Crippen molar-refractivity contribution in [3.05, 3.63) is 47.1 Å². The first-order chi connectivity index (χ1) is 13.7. The van der Waals surface area contributed by atoms with Crippen molar-refractivity contribution < 1.29 is 14.1 Å². The number of nitriles is 1. The lowest BCUT2D eigenvalue weighted by Crippen LogP contribution is -2.39. The minimum Gasteiger partial charge on any atom is -0.381 e. The SMILES string of the molecule is N#Cc1cccc(C(=O)N2CCCC(c3nc(CCOCC4CC4)no3)C2)c1. The van der Waals surface area contributed by atoms with Crippen molar-refractivity contribution >= 4 is 5.91 Å². The largest absolute Gasteiger partial charge is 0.381 e. The Balaban J connectivity index is 1.34. The number of benzene rings is 1. The molecule has 1 aromatic heterocycles. The van der Waals surface area contributed by atoms with E-state index < -0.39 is 0 Å². The van der Waals surface area contributed by atoms with Gasteiger partial charge in [0.25, 0.3) is 5.91 Å². The van der Waals surface area contributed by atoms with E-state index in [1.165, 1.54) is 12.8 Å². The first-order valence-corrected chi connectivity index (χ1v) is 9.92. The van der Waals surface area contributed by atoms with Crippen LogP contribution in [-0.2, 0) is 11.2 Å². The van der Waals surface area contributed by atoms with Gasteiger partial charge in [0, 0.05) is 31.7 Å². The van der Waals surface area contributed by atoms with Gasteiger partial charge in [0.05, 0.1) is 24.2 Å². The quantitative estimate of drug-likeness (QED) is 0.686. The number of piperidine rings is 1. The zero-order chi connectivity index (χ0) is 19.3. The lowest BCUT2D eigenvalue weighted by Gasteiger charge is -2.31. The molecule has 7 nitrogen and oxygen atoms in total. The third-order valence-corrected chi connectivity index (χ3v) is 5.30. The first-order valence-electron chi connectivity index (χ1n) is 9.92. The Bertz CT molecular complexity index is 869. The fraction of sp³-hybridized carbons (Fsp3) is 0.524. The van der Waals surface area contributed by atoms with Gasteiger partial charge in [-0.25, -0.2) is 0 Å². The van der Waals surface area contributed by atoms with Crippen LogP contribution in [0.25, 0.3) is 0 Å². The molecule has 2 aromatic rings. The number of likely N-dealkylation sites (tertiary alicyclic amines) is 1. The summed E-state index contributed by atoms with van der Waals surface area (Å²) in [5.41, 5.74) is 1.03. The molecule has 28 heavy (non-hydrogen) atoms. The van der Waals surface area contributed by atoms with E-state index in [0.29, 0.717) is 49.0 Å². The fourth-order valence-electron chi connectivity index (χ4n) is 3.50. The van der Waals surface area contributed by atoms with Crippen LogP contribution in [0, 0.1) is 17.2 Å². The van der Waals surface area contributed by atoms with Crippen molar-refractivity contribution in [2.45, 2.75) is 38.0 Å². The zero-order valence-corrected chi connectivity index (χ0v) is 15.8. The number of hydrogen-bond donors (Lipinski definition) is 0. The summed E-state index contributed by atoms with van der Waals surface area (Å²) in [6.45, 7) is 2.69. The monoisotopic (exact) mass is 380 g/mol. The van der Waals surface area contributed by atoms with Gasteiger partial charge >= 0.3 is 0 Å². The molecular weight excluding hydrogens is 356 g/mol. The third kappa shape index (κ3) is 4.57. The molecule has 2 heterocycles. The molecule has 1 aliphatic heterocycles. The summed E-state index contributed by atoms with van der Waals surface area (Å²) in [5, 5.41) is 13.1. The number of amides is 1. The summed E-state index contributed by atoms with van der Waals surface area (Å²) in [4.78, 5) is 19.2. The normalized spacial score (nSPS) is 19.4. The standard InChI is InChI=1S/C21H24N4O3/c22-12-16-3-1-4-17(11-16)21(26)25-9-2-5-18(13-25)20-23-19(24-28-20)8-10-27-14-15-6-7-15/h1,3-4,11,15,18H,2,5-10,13-14H2. The summed E-state index contributed by atoms with van der Waals surface area (Å²) >= 11 is 0. The second-order valence-electron chi connectivity index (χ2n) is 7.60. The first kappa shape index (κ1) is 18.6. The van der Waals surface area contributed by atoms with Crippen LogP contribution in [0.3, 0.4) is 0 Å². The minimum atomic E-state index is -0.0602. The predicted octanol–water partition coefficient (Wildman–Crippen LogP) is 2.93. The maximum atomic E-state index is 12.8. The Labute approximate surface area is 164 Å². The molecular formula is C21H24N4O3. The fourth-order valence-corrected chi connectivity index (χ4v) is 3.50. The van der Waals surface area contributed by atoms with Crippen molar-refractivity contribution in [1.29, 1.82) is 5.26 Å². The van der Waals surface area contributed by atoms with Crippen molar-refractivity contribution in [2.75, 3.05) is 26.3 Å². The second-order valence-corrected chi connectivity index (χ2v) is 7.60. The summed E-state index contributed by atoms with van der Waals surface area (Å²) in [6, 6.07) is 8.90. The Hall–Kier alpha value is -2.72. The highest BCUT2D eigenvalue weighted by Gasteiger charge is 2.29. The Morgan fingerprint density at radius 3 is 3.07 bits per heavy atom. The molecule has 1 aromatic carbocycles. The van der Waals surface area contributed by atoms with Gasteiger partial charge in [-0.3, -0.25) is 4.79 Å². The molecule has 2 aliphatic rings. The number of nitrogens with zero attached hydrogens (tertiary/aromatic N) is 4. The number of aromatic nitrogens is 2. The summed E-state index contributed by atoms with van der Waals surface area (Å²) in [6.07, 6.45) is 5.01. The molecule has 0 radical (unpaired) electrons. The van der Waals surface area contributed by atoms with Crippen molar-refractivity contribution in [1.82, 2.24) is 15.0 Å². The van der Waals surface area contributed by atoms with Crippen molar-refractivity contribution in [3.8, 4) is 6.07 Å². The van der Waals surface area contributed by atoms with Gasteiger partial charge in [0.1, 0.15) is 0 Å². The molecule has 2 fully saturated rings. The Morgan fingerprint density at radius 2 is 2.25 bits per heavy atom. The third-order valence-electron chi connectivity index (χ3n) is 5.30. The molecule has 1 unspecified atom stereocenters. The van der Waals surface area contributed by atoms with Crippen LogP contribution in [0.5, 0.6) is 0 Å². The van der Waals surface area contributed by atoms with Crippen LogP contribution >= 0.6 is 0 Å². The topological polar surface area (TPSA) is 92.2 Å². The Morgan fingerprint density at radius 1 is 1.36 bits per heavy atom. The summed E-state index contributed by atoms with van der Waals surface area (Å²) in [5.74, 6) is 2.00. The van der Waals surface area contributed by atoms with E-state index >= 15 is 0 Å². The van der Waals surface area contributed by atoms with E-state index in [9.17, 15) is 4.79 Å². The smallest absolute Gasteiger partial charge is 0.253 e. The van der Waals surface area contributed by atoms with Gasteiger partial charge in [-0.1, -0.05) is 11.2 Å². The maximum absolute atomic E-state index is 12.8. The van der Waals surface area contributed by atoms with Crippen LogP contribution in [-0.4, -0.2) is 47.3 Å². The minimum absolute atomic E-state index is 0.0467. The predicted molar refractivity (Wildman–Crippen MR) is 101 cm³/mol. The van der Waals surface area contributed by atoms with Gasteiger partial charge in [-0.2, -0.15) is 10.2 Å². The Kier molecular flexibility index (Phi) is 5.68. The van der Waals surface area contributed by atoms with Crippen molar-refractivity contribution in [2.24, 2.45) is 5.92 Å². The van der Waals surface area contributed by atoms with Crippen molar-refractivity contribution in [3.63, 3.8) is 0 Å². The van der Waals surface area contributed by atoms with E-state index in [1.54, 1.807) is 24.3 Å². The molecule has 1 aliphatic carbocycles. The van der Waals surface area contributed by atoms with Crippen LogP contribution in [0.2, 0.25) is 0 Å². The van der Waals surface area contributed by atoms with E-state index in [2.05, 4.69) is 16.2 Å². The van der Waals surface area contributed by atoms with Gasteiger partial charge in [0.15, 0.2) is 5.82 Å². The number of ether oxygens (including phenoxy) is 1. The highest BCUT2D eigenvalue weighted by Crippen LogP contribution is 2.29. The van der Waals surface area contributed by atoms with Crippen LogP contribution in [0.15, 0.2) is 28.8 Å². The van der Waals surface area contributed by atoms with E-state index in [-0.39, 0.29) is 11.8 Å². The molecule has 1 atom stereocenters. The molecule has 1 saturated heterocycles. The average Bonchev–Trinajstić information content (AvgIpc) is 3.46. The number of rotatable bonds is 7. The zero-order valence-electron chi connectivity index (χ0n) is 15.8. The summed E-state index contributed by atoms with van der Waals surface area (Å²) < 4.78 is 11.1. The van der Waals surface area contributed by atoms with E-state index in [0.717, 1.165) is 25.4 Å². The molecule has 7 heteroatoms. The van der Waals surface area contributed by atoms with Crippen LogP contribution in [0.1, 0.15) is 59.2 Å². The highest BCUT2D eigenvalue weighted by atomic mass is 16.5. The van der Waals surface area contributed by atoms with Crippen LogP contribution in [0.4, 0.5) is 0 Å². The molecule has 146 valence electrons. The molecule has 1 saturated carbocycles. The van der Waals surface area contributed by atoms with Gasteiger partial charge in [-0.05, 0) is 49.8 Å². The van der Waals surface area contributed by atoms with E-state index in [4.69, 9.17) is 14.5 Å². The van der Waals surface area contributed by atoms with Gasteiger partial charge in [-0.15, -0.1) is 0 Å². The molecule has 1 amide bonds. The lowest BCUT2D eigenvalue weighted by atomic mass is 9.97. The van der Waals surface area contributed by atoms with Gasteiger partial charge < -0.3 is 14.2 Å². The molecule has 0 spiro atoms. The lowest BCUT2D eigenvalue weighted by molar-refractivity contribution is 0.0695. The van der Waals surface area contributed by atoms with Crippen LogP contribution < -0.4 is 0 Å². The summed E-state index contributed by atoms with van der Waals surface area (Å²) in [7, 11) is 0. The average molecular weight is 380 g/mol. The number of carbonyl (C=O) groups is 1.